The predicted octanol–water partition coefficient (Wildman–Crippen LogP) is 3.36. The zero-order chi connectivity index (χ0) is 16.0. The van der Waals surface area contributed by atoms with Crippen LogP contribution in [0.15, 0.2) is 18.2 Å². The van der Waals surface area contributed by atoms with Crippen LogP contribution in [0.2, 0.25) is 0 Å². The third-order valence-electron chi connectivity index (χ3n) is 3.16. The van der Waals surface area contributed by atoms with E-state index in [0.29, 0.717) is 5.92 Å². The Morgan fingerprint density at radius 3 is 2.43 bits per heavy atom. The van der Waals surface area contributed by atoms with Crippen LogP contribution in [0, 0.1) is 16.0 Å². The summed E-state index contributed by atoms with van der Waals surface area (Å²) in [5.41, 5.74) is 1.89. The Bertz CT molecular complexity index is 478. The topological polar surface area (TPSA) is 49.6 Å². The van der Waals surface area contributed by atoms with Crippen molar-refractivity contribution in [2.75, 3.05) is 38.6 Å². The van der Waals surface area contributed by atoms with Gasteiger partial charge < -0.3 is 9.80 Å². The molecule has 0 fully saturated rings. The van der Waals surface area contributed by atoms with Crippen LogP contribution in [-0.2, 0) is 5.88 Å². The molecule has 0 aliphatic rings. The monoisotopic (exact) mass is 313 g/mol. The molecule has 1 rings (SSSR count). The number of nitro benzene ring substituents is 1. The summed E-state index contributed by atoms with van der Waals surface area (Å²) in [6.45, 7) is 7.01. The van der Waals surface area contributed by atoms with Gasteiger partial charge in [0.05, 0.1) is 4.92 Å². The number of rotatable bonds is 8. The van der Waals surface area contributed by atoms with Crippen LogP contribution in [0.1, 0.15) is 19.4 Å². The SMILES string of the molecule is CC(C)CN(CCN(C)C)c1ccc([N+](=O)[O-])cc1CCl. The van der Waals surface area contributed by atoms with Crippen molar-refractivity contribution in [1.82, 2.24) is 4.90 Å². The highest BCUT2D eigenvalue weighted by atomic mass is 35.5. The minimum absolute atomic E-state index is 0.0894. The normalized spacial score (nSPS) is 11.2. The van der Waals surface area contributed by atoms with Crippen molar-refractivity contribution in [3.05, 3.63) is 33.9 Å². The molecule has 0 spiro atoms. The standard InChI is InChI=1S/C15H24ClN3O2/c1-12(2)11-18(8-7-17(3)4)15-6-5-14(19(20)21)9-13(15)10-16/h5-6,9,12H,7-8,10-11H2,1-4H3. The Hall–Kier alpha value is -1.33. The maximum absolute atomic E-state index is 10.9. The number of likely N-dealkylation sites (N-methyl/N-ethyl adjacent to an activating group) is 1. The van der Waals surface area contributed by atoms with Crippen LogP contribution < -0.4 is 4.90 Å². The van der Waals surface area contributed by atoms with E-state index >= 15 is 0 Å². The van der Waals surface area contributed by atoms with Gasteiger partial charge in [-0.05, 0) is 31.6 Å². The van der Waals surface area contributed by atoms with Crippen molar-refractivity contribution in [3.8, 4) is 0 Å². The Morgan fingerprint density at radius 1 is 1.29 bits per heavy atom. The third-order valence-corrected chi connectivity index (χ3v) is 3.45. The van der Waals surface area contributed by atoms with Crippen LogP contribution in [0.25, 0.3) is 0 Å². The van der Waals surface area contributed by atoms with E-state index in [1.807, 2.05) is 20.2 Å². The highest BCUT2D eigenvalue weighted by Crippen LogP contribution is 2.27. The van der Waals surface area contributed by atoms with E-state index < -0.39 is 0 Å². The second-order valence-corrected chi connectivity index (χ2v) is 6.11. The molecule has 0 aliphatic carbocycles. The molecule has 1 aromatic carbocycles. The largest absolute Gasteiger partial charge is 0.370 e. The molecule has 21 heavy (non-hydrogen) atoms. The fraction of sp³-hybridized carbons (Fsp3) is 0.600. The van der Waals surface area contributed by atoms with E-state index in [1.54, 1.807) is 12.1 Å². The average molecular weight is 314 g/mol. The first-order chi connectivity index (χ1) is 9.85. The van der Waals surface area contributed by atoms with Crippen molar-refractivity contribution < 1.29 is 4.92 Å². The Kier molecular flexibility index (Phi) is 6.92. The molecule has 0 N–H and O–H groups in total. The van der Waals surface area contributed by atoms with Crippen LogP contribution in [0.5, 0.6) is 0 Å². The van der Waals surface area contributed by atoms with Gasteiger partial charge in [-0.1, -0.05) is 13.8 Å². The molecule has 0 heterocycles. The number of halogens is 1. The predicted molar refractivity (Wildman–Crippen MR) is 88.3 cm³/mol. The Labute approximate surface area is 131 Å². The lowest BCUT2D eigenvalue weighted by molar-refractivity contribution is -0.384. The van der Waals surface area contributed by atoms with Crippen molar-refractivity contribution in [3.63, 3.8) is 0 Å². The van der Waals surface area contributed by atoms with Crippen LogP contribution in [0.4, 0.5) is 11.4 Å². The van der Waals surface area contributed by atoms with Gasteiger partial charge in [0.2, 0.25) is 0 Å². The fourth-order valence-corrected chi connectivity index (χ4v) is 2.39. The molecule has 0 saturated carbocycles. The quantitative estimate of drug-likeness (QED) is 0.419. The molecular formula is C15H24ClN3O2. The molecular weight excluding hydrogens is 290 g/mol. The fourth-order valence-electron chi connectivity index (χ4n) is 2.17. The summed E-state index contributed by atoms with van der Waals surface area (Å²) in [7, 11) is 4.07. The minimum Gasteiger partial charge on any atom is -0.370 e. The number of benzene rings is 1. The molecule has 0 bridgehead atoms. The molecule has 5 nitrogen and oxygen atoms in total. The molecule has 0 aliphatic heterocycles. The maximum Gasteiger partial charge on any atom is 0.269 e. The van der Waals surface area contributed by atoms with Gasteiger partial charge in [0, 0.05) is 43.3 Å². The number of nitro groups is 1. The van der Waals surface area contributed by atoms with Gasteiger partial charge in [-0.3, -0.25) is 10.1 Å². The van der Waals surface area contributed by atoms with Crippen LogP contribution in [-0.4, -0.2) is 43.6 Å². The van der Waals surface area contributed by atoms with Gasteiger partial charge in [0.1, 0.15) is 0 Å². The smallest absolute Gasteiger partial charge is 0.269 e. The second-order valence-electron chi connectivity index (χ2n) is 5.85. The molecule has 1 aromatic rings. The molecule has 118 valence electrons. The first-order valence-electron chi connectivity index (χ1n) is 7.08. The van der Waals surface area contributed by atoms with Crippen molar-refractivity contribution in [2.45, 2.75) is 19.7 Å². The second kappa shape index (κ2) is 8.20. The van der Waals surface area contributed by atoms with E-state index in [1.165, 1.54) is 0 Å². The van der Waals surface area contributed by atoms with E-state index in [9.17, 15) is 10.1 Å². The first-order valence-corrected chi connectivity index (χ1v) is 7.61. The van der Waals surface area contributed by atoms with Crippen molar-refractivity contribution in [2.24, 2.45) is 5.92 Å². The Morgan fingerprint density at radius 2 is 1.95 bits per heavy atom. The number of alkyl halides is 1. The summed E-state index contributed by atoms with van der Waals surface area (Å²) in [6.07, 6.45) is 0. The molecule has 0 radical (unpaired) electrons. The molecule has 0 saturated heterocycles. The summed E-state index contributed by atoms with van der Waals surface area (Å²) < 4.78 is 0. The van der Waals surface area contributed by atoms with Crippen molar-refractivity contribution >= 4 is 23.0 Å². The van der Waals surface area contributed by atoms with Crippen LogP contribution >= 0.6 is 11.6 Å². The van der Waals surface area contributed by atoms with Gasteiger partial charge >= 0.3 is 0 Å². The zero-order valence-electron chi connectivity index (χ0n) is 13.2. The molecule has 0 atom stereocenters. The van der Waals surface area contributed by atoms with Gasteiger partial charge in [0.15, 0.2) is 0 Å². The van der Waals surface area contributed by atoms with Gasteiger partial charge in [-0.25, -0.2) is 0 Å². The summed E-state index contributed by atoms with van der Waals surface area (Å²) in [5, 5.41) is 10.9. The summed E-state index contributed by atoms with van der Waals surface area (Å²) in [6, 6.07) is 4.94. The summed E-state index contributed by atoms with van der Waals surface area (Å²) >= 11 is 5.99. The van der Waals surface area contributed by atoms with Gasteiger partial charge in [0.25, 0.3) is 5.69 Å². The van der Waals surface area contributed by atoms with E-state index in [-0.39, 0.29) is 16.5 Å². The highest BCUT2D eigenvalue weighted by Gasteiger charge is 2.16. The first kappa shape index (κ1) is 17.7. The number of hydrogen-bond acceptors (Lipinski definition) is 4. The number of non-ortho nitro benzene ring substituents is 1. The molecule has 6 heteroatoms. The minimum atomic E-state index is -0.383. The lowest BCUT2D eigenvalue weighted by atomic mass is 10.1. The Balaban J connectivity index is 3.07. The number of anilines is 1. The van der Waals surface area contributed by atoms with Gasteiger partial charge in [-0.15, -0.1) is 11.6 Å². The summed E-state index contributed by atoms with van der Waals surface area (Å²) in [5.74, 6) is 0.777. The molecule has 0 amide bonds. The van der Waals surface area contributed by atoms with Crippen LogP contribution in [0.3, 0.4) is 0 Å². The third kappa shape index (κ3) is 5.52. The number of hydrogen-bond donors (Lipinski definition) is 0. The maximum atomic E-state index is 10.9. The van der Waals surface area contributed by atoms with E-state index in [0.717, 1.165) is 30.9 Å². The molecule has 0 aromatic heterocycles. The summed E-state index contributed by atoms with van der Waals surface area (Å²) in [4.78, 5) is 14.9. The average Bonchev–Trinajstić information content (AvgIpc) is 2.42. The number of nitrogens with zero attached hydrogens (tertiary/aromatic N) is 3. The lowest BCUT2D eigenvalue weighted by Gasteiger charge is -2.29. The van der Waals surface area contributed by atoms with E-state index in [2.05, 4.69) is 23.6 Å². The molecule has 0 unspecified atom stereocenters. The zero-order valence-corrected chi connectivity index (χ0v) is 13.9. The van der Waals surface area contributed by atoms with Gasteiger partial charge in [-0.2, -0.15) is 0 Å². The lowest BCUT2D eigenvalue weighted by Crippen LogP contribution is -2.35. The van der Waals surface area contributed by atoms with E-state index in [4.69, 9.17) is 11.6 Å². The van der Waals surface area contributed by atoms with Crippen molar-refractivity contribution in [1.29, 1.82) is 0 Å². The highest BCUT2D eigenvalue weighted by molar-refractivity contribution is 6.17.